The Labute approximate surface area is 138 Å². The molecule has 1 nitrogen and oxygen atoms in total. The average molecular weight is 311 g/mol. The first kappa shape index (κ1) is 15.6. The summed E-state index contributed by atoms with van der Waals surface area (Å²) in [5, 5.41) is 4.50. The SMILES string of the molecule is Cc1ccccc1S[C@@H]1CCCC[C@H]1NCc1ccccc1. The summed E-state index contributed by atoms with van der Waals surface area (Å²) >= 11 is 2.07. The number of thioether (sulfide) groups is 1. The minimum atomic E-state index is 0.624. The Kier molecular flexibility index (Phi) is 5.58. The predicted octanol–water partition coefficient (Wildman–Crippen LogP) is 5.19. The fraction of sp³-hybridized carbons (Fsp3) is 0.400. The third-order valence-electron chi connectivity index (χ3n) is 4.49. The van der Waals surface area contributed by atoms with E-state index in [9.17, 15) is 0 Å². The third kappa shape index (κ3) is 4.15. The summed E-state index contributed by atoms with van der Waals surface area (Å²) in [5.74, 6) is 0. The smallest absolute Gasteiger partial charge is 0.0248 e. The average Bonchev–Trinajstić information content (AvgIpc) is 2.57. The molecule has 22 heavy (non-hydrogen) atoms. The van der Waals surface area contributed by atoms with Crippen molar-refractivity contribution in [2.75, 3.05) is 0 Å². The summed E-state index contributed by atoms with van der Waals surface area (Å²) in [6, 6.07) is 20.1. The van der Waals surface area contributed by atoms with Gasteiger partial charge in [-0.15, -0.1) is 11.8 Å². The van der Waals surface area contributed by atoms with Crippen LogP contribution in [0.15, 0.2) is 59.5 Å². The van der Waals surface area contributed by atoms with Gasteiger partial charge in [0.25, 0.3) is 0 Å². The fourth-order valence-corrected chi connectivity index (χ4v) is 4.59. The number of hydrogen-bond acceptors (Lipinski definition) is 2. The summed E-state index contributed by atoms with van der Waals surface area (Å²) in [6.07, 6.45) is 5.35. The lowest BCUT2D eigenvalue weighted by molar-refractivity contribution is 0.382. The van der Waals surface area contributed by atoms with E-state index >= 15 is 0 Å². The highest BCUT2D eigenvalue weighted by atomic mass is 32.2. The first-order valence-corrected chi connectivity index (χ1v) is 9.20. The van der Waals surface area contributed by atoms with Crippen molar-refractivity contribution in [3.8, 4) is 0 Å². The van der Waals surface area contributed by atoms with Crippen LogP contribution in [0.1, 0.15) is 36.8 Å². The highest BCUT2D eigenvalue weighted by Gasteiger charge is 2.25. The first-order valence-electron chi connectivity index (χ1n) is 8.32. The van der Waals surface area contributed by atoms with Crippen LogP contribution in [-0.2, 0) is 6.54 Å². The molecule has 0 heterocycles. The number of benzene rings is 2. The Morgan fingerprint density at radius 1 is 0.955 bits per heavy atom. The van der Waals surface area contributed by atoms with Gasteiger partial charge in [0.1, 0.15) is 0 Å². The molecule has 2 heteroatoms. The van der Waals surface area contributed by atoms with Gasteiger partial charge in [-0.25, -0.2) is 0 Å². The molecule has 2 aromatic rings. The monoisotopic (exact) mass is 311 g/mol. The Bertz CT molecular complexity index is 581. The number of rotatable bonds is 5. The molecule has 0 aromatic heterocycles. The molecule has 3 rings (SSSR count). The zero-order valence-electron chi connectivity index (χ0n) is 13.3. The van der Waals surface area contributed by atoms with Crippen LogP contribution in [0.3, 0.4) is 0 Å². The normalized spacial score (nSPS) is 21.7. The molecule has 0 aliphatic heterocycles. The predicted molar refractivity (Wildman–Crippen MR) is 96.4 cm³/mol. The van der Waals surface area contributed by atoms with Gasteiger partial charge < -0.3 is 5.32 Å². The van der Waals surface area contributed by atoms with E-state index in [0.717, 1.165) is 6.54 Å². The number of aryl methyl sites for hydroxylation is 1. The largest absolute Gasteiger partial charge is 0.309 e. The van der Waals surface area contributed by atoms with Crippen LogP contribution in [0.5, 0.6) is 0 Å². The molecular weight excluding hydrogens is 286 g/mol. The van der Waals surface area contributed by atoms with Crippen molar-refractivity contribution in [2.45, 2.75) is 55.3 Å². The van der Waals surface area contributed by atoms with Crippen molar-refractivity contribution in [1.29, 1.82) is 0 Å². The molecule has 0 spiro atoms. The van der Waals surface area contributed by atoms with Crippen molar-refractivity contribution in [3.05, 3.63) is 65.7 Å². The summed E-state index contributed by atoms with van der Waals surface area (Å²) in [7, 11) is 0. The Hall–Kier alpha value is -1.25. The van der Waals surface area contributed by atoms with Gasteiger partial charge in [-0.1, -0.05) is 61.4 Å². The Balaban J connectivity index is 1.62. The quantitative estimate of drug-likeness (QED) is 0.815. The first-order chi connectivity index (χ1) is 10.8. The van der Waals surface area contributed by atoms with E-state index in [0.29, 0.717) is 11.3 Å². The van der Waals surface area contributed by atoms with Gasteiger partial charge in [-0.2, -0.15) is 0 Å². The lowest BCUT2D eigenvalue weighted by Crippen LogP contribution is -2.40. The molecule has 2 atom stereocenters. The second-order valence-corrected chi connectivity index (χ2v) is 7.46. The molecular formula is C20H25NS. The summed E-state index contributed by atoms with van der Waals surface area (Å²) in [6.45, 7) is 3.20. The van der Waals surface area contributed by atoms with Crippen LogP contribution in [0.4, 0.5) is 0 Å². The van der Waals surface area contributed by atoms with Crippen LogP contribution in [0, 0.1) is 6.92 Å². The topological polar surface area (TPSA) is 12.0 Å². The second-order valence-electron chi connectivity index (χ2n) is 6.18. The lowest BCUT2D eigenvalue weighted by Gasteiger charge is -2.32. The maximum absolute atomic E-state index is 3.81. The van der Waals surface area contributed by atoms with Gasteiger partial charge in [-0.3, -0.25) is 0 Å². The minimum Gasteiger partial charge on any atom is -0.309 e. The van der Waals surface area contributed by atoms with E-state index in [-0.39, 0.29) is 0 Å². The fourth-order valence-electron chi connectivity index (χ4n) is 3.17. The van der Waals surface area contributed by atoms with Crippen LogP contribution in [-0.4, -0.2) is 11.3 Å². The van der Waals surface area contributed by atoms with Crippen molar-refractivity contribution >= 4 is 11.8 Å². The van der Waals surface area contributed by atoms with Crippen LogP contribution >= 0.6 is 11.8 Å². The zero-order chi connectivity index (χ0) is 15.2. The van der Waals surface area contributed by atoms with Crippen LogP contribution in [0.2, 0.25) is 0 Å². The molecule has 1 aliphatic rings. The standard InChI is InChI=1S/C20H25NS/c1-16-9-5-7-13-19(16)22-20-14-8-6-12-18(20)21-15-17-10-3-2-4-11-17/h2-5,7,9-11,13,18,20-21H,6,8,12,14-15H2,1H3/t18-,20-/m1/s1. The summed E-state index contributed by atoms with van der Waals surface area (Å²) in [4.78, 5) is 1.45. The van der Waals surface area contributed by atoms with E-state index in [1.54, 1.807) is 0 Å². The molecule has 2 aromatic carbocycles. The van der Waals surface area contributed by atoms with Crippen LogP contribution < -0.4 is 5.32 Å². The van der Waals surface area contributed by atoms with Crippen molar-refractivity contribution in [1.82, 2.24) is 5.32 Å². The van der Waals surface area contributed by atoms with Gasteiger partial charge in [0.05, 0.1) is 0 Å². The van der Waals surface area contributed by atoms with Crippen molar-refractivity contribution in [3.63, 3.8) is 0 Å². The molecule has 1 fully saturated rings. The molecule has 1 aliphatic carbocycles. The molecule has 0 radical (unpaired) electrons. The van der Waals surface area contributed by atoms with Gasteiger partial charge in [0.2, 0.25) is 0 Å². The summed E-state index contributed by atoms with van der Waals surface area (Å²) in [5.41, 5.74) is 2.78. The molecule has 0 unspecified atom stereocenters. The molecule has 1 saturated carbocycles. The number of hydrogen-bond donors (Lipinski definition) is 1. The molecule has 0 saturated heterocycles. The molecule has 1 N–H and O–H groups in total. The van der Waals surface area contributed by atoms with E-state index in [1.165, 1.54) is 41.7 Å². The van der Waals surface area contributed by atoms with Gasteiger partial charge in [-0.05, 0) is 37.0 Å². The number of nitrogens with one attached hydrogen (secondary N) is 1. The zero-order valence-corrected chi connectivity index (χ0v) is 14.1. The molecule has 0 amide bonds. The molecule has 0 bridgehead atoms. The third-order valence-corrected chi connectivity index (χ3v) is 6.06. The van der Waals surface area contributed by atoms with Crippen LogP contribution in [0.25, 0.3) is 0 Å². The highest BCUT2D eigenvalue weighted by molar-refractivity contribution is 8.00. The van der Waals surface area contributed by atoms with Gasteiger partial charge >= 0.3 is 0 Å². The highest BCUT2D eigenvalue weighted by Crippen LogP contribution is 2.35. The maximum atomic E-state index is 3.81. The van der Waals surface area contributed by atoms with Gasteiger partial charge in [0, 0.05) is 22.7 Å². The Morgan fingerprint density at radius 2 is 1.68 bits per heavy atom. The van der Waals surface area contributed by atoms with E-state index < -0.39 is 0 Å². The van der Waals surface area contributed by atoms with E-state index in [4.69, 9.17) is 0 Å². The van der Waals surface area contributed by atoms with E-state index in [2.05, 4.69) is 78.6 Å². The molecule has 116 valence electrons. The van der Waals surface area contributed by atoms with Crippen molar-refractivity contribution in [2.24, 2.45) is 0 Å². The second kappa shape index (κ2) is 7.85. The van der Waals surface area contributed by atoms with Crippen molar-refractivity contribution < 1.29 is 0 Å². The van der Waals surface area contributed by atoms with E-state index in [1.807, 2.05) is 0 Å². The minimum absolute atomic E-state index is 0.624. The maximum Gasteiger partial charge on any atom is 0.0248 e. The summed E-state index contributed by atoms with van der Waals surface area (Å²) < 4.78 is 0. The Morgan fingerprint density at radius 3 is 2.50 bits per heavy atom. The van der Waals surface area contributed by atoms with Gasteiger partial charge in [0.15, 0.2) is 0 Å². The lowest BCUT2D eigenvalue weighted by atomic mass is 9.94.